The highest BCUT2D eigenvalue weighted by molar-refractivity contribution is 9.10. The predicted molar refractivity (Wildman–Crippen MR) is 110 cm³/mol. The molecule has 6 heteroatoms. The summed E-state index contributed by atoms with van der Waals surface area (Å²) in [5, 5.41) is 4.10. The number of pyridine rings is 1. The van der Waals surface area contributed by atoms with E-state index in [-0.39, 0.29) is 12.1 Å². The molecule has 4 nitrogen and oxygen atoms in total. The van der Waals surface area contributed by atoms with Crippen LogP contribution in [0.4, 0.5) is 5.69 Å². The highest BCUT2D eigenvalue weighted by atomic mass is 79.9. The first kappa shape index (κ1) is 17.2. The van der Waals surface area contributed by atoms with Gasteiger partial charge in [-0.1, -0.05) is 22.0 Å². The maximum atomic E-state index is 5.99. The normalized spacial score (nSPS) is 19.7. The smallest absolute Gasteiger partial charge is 0.174 e. The van der Waals surface area contributed by atoms with Crippen molar-refractivity contribution in [1.29, 1.82) is 0 Å². The van der Waals surface area contributed by atoms with Crippen molar-refractivity contribution in [3.05, 3.63) is 82.0 Å². The van der Waals surface area contributed by atoms with Gasteiger partial charge >= 0.3 is 0 Å². The van der Waals surface area contributed by atoms with E-state index in [4.69, 9.17) is 16.6 Å². The van der Waals surface area contributed by atoms with Crippen molar-refractivity contribution in [3.63, 3.8) is 0 Å². The minimum absolute atomic E-state index is 0.0850. The van der Waals surface area contributed by atoms with E-state index in [2.05, 4.69) is 50.2 Å². The van der Waals surface area contributed by atoms with Crippen molar-refractivity contribution in [3.8, 4) is 0 Å². The summed E-state index contributed by atoms with van der Waals surface area (Å²) in [6.45, 7) is 4.02. The van der Waals surface area contributed by atoms with Crippen molar-refractivity contribution >= 4 is 38.9 Å². The monoisotopic (exact) mass is 427 g/mol. The third kappa shape index (κ3) is 3.04. The molecule has 1 aliphatic heterocycles. The molecule has 0 spiro atoms. The number of nitrogens with zero attached hydrogens (tertiary/aromatic N) is 2. The fraction of sp³-hybridized carbons (Fsp3) is 0.200. The molecule has 3 aromatic rings. The van der Waals surface area contributed by atoms with Gasteiger partial charge in [0.2, 0.25) is 0 Å². The van der Waals surface area contributed by atoms with E-state index in [0.29, 0.717) is 5.11 Å². The Bertz CT molecular complexity index is 957. The number of rotatable bonds is 3. The van der Waals surface area contributed by atoms with Gasteiger partial charge in [0.15, 0.2) is 5.11 Å². The molecule has 0 bridgehead atoms. The summed E-state index contributed by atoms with van der Waals surface area (Å²) in [5.74, 6) is 1.75. The van der Waals surface area contributed by atoms with Crippen LogP contribution >= 0.6 is 28.1 Å². The molecule has 0 unspecified atom stereocenters. The second-order valence-electron chi connectivity index (χ2n) is 6.38. The van der Waals surface area contributed by atoms with E-state index >= 15 is 0 Å². The molecule has 1 saturated heterocycles. The average molecular weight is 428 g/mol. The molecule has 0 aliphatic carbocycles. The van der Waals surface area contributed by atoms with Crippen molar-refractivity contribution in [2.45, 2.75) is 25.9 Å². The number of halogens is 1. The lowest BCUT2D eigenvalue weighted by Gasteiger charge is -2.26. The van der Waals surface area contributed by atoms with Crippen molar-refractivity contribution in [2.75, 3.05) is 4.90 Å². The first-order valence-corrected chi connectivity index (χ1v) is 9.58. The van der Waals surface area contributed by atoms with Crippen LogP contribution in [0.5, 0.6) is 0 Å². The van der Waals surface area contributed by atoms with Gasteiger partial charge in [0.25, 0.3) is 0 Å². The van der Waals surface area contributed by atoms with Gasteiger partial charge in [-0.2, -0.15) is 0 Å². The number of hydrogen-bond acceptors (Lipinski definition) is 3. The number of thiocarbonyl (C=S) groups is 1. The first-order valence-electron chi connectivity index (χ1n) is 8.38. The molecule has 0 saturated carbocycles. The minimum Gasteiger partial charge on any atom is -0.464 e. The Morgan fingerprint density at radius 3 is 2.65 bits per heavy atom. The summed E-state index contributed by atoms with van der Waals surface area (Å²) in [5.41, 5.74) is 3.12. The molecule has 1 aliphatic rings. The van der Waals surface area contributed by atoms with Crippen LogP contribution in [-0.2, 0) is 0 Å². The fourth-order valence-corrected chi connectivity index (χ4v) is 3.91. The number of benzene rings is 1. The molecule has 0 amide bonds. The molecule has 132 valence electrons. The van der Waals surface area contributed by atoms with Crippen LogP contribution in [0, 0.1) is 13.8 Å². The Balaban J connectivity index is 1.83. The number of nitrogens with one attached hydrogen (secondary N) is 1. The zero-order chi connectivity index (χ0) is 18.3. The maximum absolute atomic E-state index is 5.99. The minimum atomic E-state index is -0.105. The second-order valence-corrected chi connectivity index (χ2v) is 7.62. The van der Waals surface area contributed by atoms with E-state index in [1.165, 1.54) is 0 Å². The zero-order valence-electron chi connectivity index (χ0n) is 14.4. The number of anilines is 1. The Labute approximate surface area is 166 Å². The lowest BCUT2D eigenvalue weighted by molar-refractivity contribution is 0.418. The Morgan fingerprint density at radius 1 is 1.15 bits per heavy atom. The third-order valence-electron chi connectivity index (χ3n) is 4.57. The van der Waals surface area contributed by atoms with E-state index in [1.54, 1.807) is 6.20 Å². The summed E-state index contributed by atoms with van der Waals surface area (Å²) in [4.78, 5) is 6.66. The SMILES string of the molecule is Cc1ccc([C@H]2[C@@H](c3ccccn3)NC(=S)N2c2ccc(Br)c(C)c2)o1. The predicted octanol–water partition coefficient (Wildman–Crippen LogP) is 5.23. The summed E-state index contributed by atoms with van der Waals surface area (Å²) in [6, 6.07) is 16.0. The van der Waals surface area contributed by atoms with Gasteiger partial charge in [0.1, 0.15) is 17.6 Å². The van der Waals surface area contributed by atoms with Crippen LogP contribution in [0.2, 0.25) is 0 Å². The molecule has 4 rings (SSSR count). The molecule has 1 fully saturated rings. The number of furan rings is 1. The summed E-state index contributed by atoms with van der Waals surface area (Å²) in [7, 11) is 0. The molecule has 2 atom stereocenters. The van der Waals surface area contributed by atoms with Crippen LogP contribution < -0.4 is 10.2 Å². The van der Waals surface area contributed by atoms with Crippen molar-refractivity contribution in [1.82, 2.24) is 10.3 Å². The van der Waals surface area contributed by atoms with Gasteiger partial charge < -0.3 is 14.6 Å². The summed E-state index contributed by atoms with van der Waals surface area (Å²) < 4.78 is 7.07. The maximum Gasteiger partial charge on any atom is 0.174 e. The van der Waals surface area contributed by atoms with Crippen LogP contribution in [-0.4, -0.2) is 10.1 Å². The number of aryl methyl sites for hydroxylation is 2. The van der Waals surface area contributed by atoms with E-state index in [9.17, 15) is 0 Å². The van der Waals surface area contributed by atoms with E-state index < -0.39 is 0 Å². The van der Waals surface area contributed by atoms with E-state index in [1.807, 2.05) is 43.3 Å². The molecule has 3 heterocycles. The van der Waals surface area contributed by atoms with Gasteiger partial charge in [0, 0.05) is 16.4 Å². The lowest BCUT2D eigenvalue weighted by atomic mass is 10.0. The fourth-order valence-electron chi connectivity index (χ4n) is 3.31. The van der Waals surface area contributed by atoms with Crippen LogP contribution in [0.3, 0.4) is 0 Å². The van der Waals surface area contributed by atoms with Crippen LogP contribution in [0.15, 0.2) is 63.6 Å². The van der Waals surface area contributed by atoms with Gasteiger partial charge in [-0.25, -0.2) is 0 Å². The standard InChI is InChI=1S/C20H18BrN3OS/c1-12-11-14(7-8-15(12)21)24-19(17-9-6-13(2)25-17)18(23-20(24)26)16-5-3-4-10-22-16/h3-11,18-19H,1-2H3,(H,23,26)/t18-,19+/m1/s1. The molecular formula is C20H18BrN3OS. The number of hydrogen-bond donors (Lipinski definition) is 1. The van der Waals surface area contributed by atoms with Gasteiger partial charge in [0.05, 0.1) is 11.7 Å². The largest absolute Gasteiger partial charge is 0.464 e. The van der Waals surface area contributed by atoms with Gasteiger partial charge in [-0.05, 0) is 74.1 Å². The lowest BCUT2D eigenvalue weighted by Crippen LogP contribution is -2.29. The Hall–Kier alpha value is -2.18. The highest BCUT2D eigenvalue weighted by Crippen LogP contribution is 2.42. The van der Waals surface area contributed by atoms with Crippen molar-refractivity contribution < 1.29 is 4.42 Å². The molecule has 2 aromatic heterocycles. The second kappa shape index (κ2) is 6.85. The van der Waals surface area contributed by atoms with Gasteiger partial charge in [-0.3, -0.25) is 4.98 Å². The zero-order valence-corrected chi connectivity index (χ0v) is 16.8. The Kier molecular flexibility index (Phi) is 4.54. The molecule has 0 radical (unpaired) electrons. The average Bonchev–Trinajstić information content (AvgIpc) is 3.21. The molecular weight excluding hydrogens is 410 g/mol. The molecule has 1 N–H and O–H groups in total. The van der Waals surface area contributed by atoms with Crippen molar-refractivity contribution in [2.24, 2.45) is 0 Å². The summed E-state index contributed by atoms with van der Waals surface area (Å²) >= 11 is 9.26. The number of aromatic nitrogens is 1. The van der Waals surface area contributed by atoms with Crippen LogP contribution in [0.25, 0.3) is 0 Å². The highest BCUT2D eigenvalue weighted by Gasteiger charge is 2.42. The summed E-state index contributed by atoms with van der Waals surface area (Å²) in [6.07, 6.45) is 1.80. The third-order valence-corrected chi connectivity index (χ3v) is 5.77. The molecule has 1 aromatic carbocycles. The van der Waals surface area contributed by atoms with E-state index in [0.717, 1.165) is 32.9 Å². The molecule has 26 heavy (non-hydrogen) atoms. The Morgan fingerprint density at radius 2 is 2.00 bits per heavy atom. The first-order chi connectivity index (χ1) is 12.5. The van der Waals surface area contributed by atoms with Gasteiger partial charge in [-0.15, -0.1) is 0 Å². The van der Waals surface area contributed by atoms with Crippen LogP contribution in [0.1, 0.15) is 34.9 Å². The topological polar surface area (TPSA) is 41.3 Å². The quantitative estimate of drug-likeness (QED) is 0.579.